The highest BCUT2D eigenvalue weighted by molar-refractivity contribution is 7.89. The van der Waals surface area contributed by atoms with E-state index in [-0.39, 0.29) is 16.8 Å². The van der Waals surface area contributed by atoms with Crippen molar-refractivity contribution < 1.29 is 13.2 Å². The molecule has 128 valence electrons. The molecule has 1 aromatic rings. The molecule has 1 amide bonds. The van der Waals surface area contributed by atoms with Crippen LogP contribution in [0.5, 0.6) is 0 Å². The van der Waals surface area contributed by atoms with Crippen LogP contribution in [0, 0.1) is 5.92 Å². The third-order valence-corrected chi connectivity index (χ3v) is 6.02. The molecule has 1 atom stereocenters. The molecule has 1 aliphatic rings. The zero-order chi connectivity index (χ0) is 17.0. The second-order valence-electron chi connectivity index (χ2n) is 6.43. The van der Waals surface area contributed by atoms with Crippen LogP contribution in [0.3, 0.4) is 0 Å². The summed E-state index contributed by atoms with van der Waals surface area (Å²) in [4.78, 5) is 14.5. The van der Waals surface area contributed by atoms with Gasteiger partial charge >= 0.3 is 0 Å². The molecule has 23 heavy (non-hydrogen) atoms. The highest BCUT2D eigenvalue weighted by Crippen LogP contribution is 2.19. The maximum absolute atomic E-state index is 12.6. The molecule has 2 rings (SSSR count). The van der Waals surface area contributed by atoms with Crippen LogP contribution in [0.15, 0.2) is 29.2 Å². The Balaban J connectivity index is 2.18. The summed E-state index contributed by atoms with van der Waals surface area (Å²) in [5.41, 5.74) is 0.437. The molecule has 1 heterocycles. The van der Waals surface area contributed by atoms with Crippen LogP contribution in [-0.2, 0) is 10.0 Å². The highest BCUT2D eigenvalue weighted by atomic mass is 32.2. The van der Waals surface area contributed by atoms with Gasteiger partial charge in [-0.2, -0.15) is 0 Å². The summed E-state index contributed by atoms with van der Waals surface area (Å²) < 4.78 is 27.3. The molecule has 5 nitrogen and oxygen atoms in total. The minimum atomic E-state index is -3.59. The molecule has 0 aromatic heterocycles. The van der Waals surface area contributed by atoms with Crippen LogP contribution in [0.2, 0.25) is 0 Å². The number of benzene rings is 1. The van der Waals surface area contributed by atoms with Gasteiger partial charge in [0.2, 0.25) is 10.0 Å². The van der Waals surface area contributed by atoms with E-state index < -0.39 is 10.0 Å². The largest absolute Gasteiger partial charge is 0.339 e. The Morgan fingerprint density at radius 2 is 2.00 bits per heavy atom. The lowest BCUT2D eigenvalue weighted by atomic mass is 9.98. The topological polar surface area (TPSA) is 66.5 Å². The summed E-state index contributed by atoms with van der Waals surface area (Å²) >= 11 is 0. The van der Waals surface area contributed by atoms with Gasteiger partial charge in [0.1, 0.15) is 0 Å². The number of likely N-dealkylation sites (tertiary alicyclic amines) is 1. The van der Waals surface area contributed by atoms with Crippen molar-refractivity contribution in [3.8, 4) is 0 Å². The van der Waals surface area contributed by atoms with Crippen LogP contribution in [0.4, 0.5) is 0 Å². The number of hydrogen-bond acceptors (Lipinski definition) is 3. The highest BCUT2D eigenvalue weighted by Gasteiger charge is 2.23. The third-order valence-electron chi connectivity index (χ3n) is 4.43. The smallest absolute Gasteiger partial charge is 0.253 e. The van der Waals surface area contributed by atoms with Gasteiger partial charge in [0.05, 0.1) is 4.90 Å². The summed E-state index contributed by atoms with van der Waals surface area (Å²) in [6, 6.07) is 6.18. The van der Waals surface area contributed by atoms with Crippen LogP contribution in [0.1, 0.15) is 50.4 Å². The van der Waals surface area contributed by atoms with Crippen molar-refractivity contribution in [2.24, 2.45) is 5.92 Å². The van der Waals surface area contributed by atoms with Gasteiger partial charge in [-0.3, -0.25) is 4.79 Å². The zero-order valence-electron chi connectivity index (χ0n) is 14.1. The SMILES string of the molecule is CCC(C)NS(=O)(=O)c1cccc(C(=O)N2CCC(C)CC2)c1. The standard InChI is InChI=1S/C17H26N2O3S/c1-4-14(3)18-23(21,22)16-7-5-6-15(12-16)17(20)19-10-8-13(2)9-11-19/h5-7,12-14,18H,4,8-11H2,1-3H3. The van der Waals surface area contributed by atoms with Gasteiger partial charge in [0, 0.05) is 24.7 Å². The minimum Gasteiger partial charge on any atom is -0.339 e. The van der Waals surface area contributed by atoms with E-state index in [1.165, 1.54) is 12.1 Å². The van der Waals surface area contributed by atoms with E-state index in [4.69, 9.17) is 0 Å². The van der Waals surface area contributed by atoms with Gasteiger partial charge in [-0.25, -0.2) is 13.1 Å². The second-order valence-corrected chi connectivity index (χ2v) is 8.15. The van der Waals surface area contributed by atoms with Gasteiger partial charge in [-0.15, -0.1) is 0 Å². The van der Waals surface area contributed by atoms with E-state index >= 15 is 0 Å². The van der Waals surface area contributed by atoms with Gasteiger partial charge in [-0.1, -0.05) is 19.9 Å². The summed E-state index contributed by atoms with van der Waals surface area (Å²) in [5.74, 6) is 0.558. The lowest BCUT2D eigenvalue weighted by Gasteiger charge is -2.30. The Bertz CT molecular complexity index is 650. The van der Waals surface area contributed by atoms with E-state index in [1.807, 2.05) is 18.7 Å². The molecule has 1 aliphatic heterocycles. The van der Waals surface area contributed by atoms with Gasteiger partial charge in [0.15, 0.2) is 0 Å². The van der Waals surface area contributed by atoms with Crippen molar-refractivity contribution in [3.05, 3.63) is 29.8 Å². The molecule has 1 saturated heterocycles. The summed E-state index contributed by atoms with van der Waals surface area (Å²) in [5, 5.41) is 0. The van der Waals surface area contributed by atoms with Crippen molar-refractivity contribution in [1.82, 2.24) is 9.62 Å². The number of piperidine rings is 1. The van der Waals surface area contributed by atoms with Crippen molar-refractivity contribution in [3.63, 3.8) is 0 Å². The third kappa shape index (κ3) is 4.54. The predicted octanol–water partition coefficient (Wildman–Crippen LogP) is 2.64. The van der Waals surface area contributed by atoms with Crippen LogP contribution in [0.25, 0.3) is 0 Å². The first-order valence-electron chi connectivity index (χ1n) is 8.25. The average Bonchev–Trinajstić information content (AvgIpc) is 2.54. The fraction of sp³-hybridized carbons (Fsp3) is 0.588. The number of amides is 1. The molecule has 0 saturated carbocycles. The molecule has 0 aliphatic carbocycles. The normalized spacial score (nSPS) is 18.0. The molecule has 0 bridgehead atoms. The van der Waals surface area contributed by atoms with E-state index in [2.05, 4.69) is 11.6 Å². The molecular weight excluding hydrogens is 312 g/mol. The number of sulfonamides is 1. The van der Waals surface area contributed by atoms with E-state index in [0.29, 0.717) is 17.9 Å². The first-order valence-corrected chi connectivity index (χ1v) is 9.73. The molecule has 6 heteroatoms. The molecular formula is C17H26N2O3S. The number of nitrogens with zero attached hydrogens (tertiary/aromatic N) is 1. The Labute approximate surface area is 139 Å². The molecule has 0 spiro atoms. The summed E-state index contributed by atoms with van der Waals surface area (Å²) in [7, 11) is -3.59. The van der Waals surface area contributed by atoms with Crippen LogP contribution >= 0.6 is 0 Å². The second kappa shape index (κ2) is 7.45. The molecule has 1 fully saturated rings. The van der Waals surface area contributed by atoms with Crippen molar-refractivity contribution in [2.75, 3.05) is 13.1 Å². The van der Waals surface area contributed by atoms with Crippen LogP contribution in [-0.4, -0.2) is 38.4 Å². The number of nitrogens with one attached hydrogen (secondary N) is 1. The first kappa shape index (κ1) is 17.9. The summed E-state index contributed by atoms with van der Waals surface area (Å²) in [6.07, 6.45) is 2.71. The van der Waals surface area contributed by atoms with Crippen LogP contribution < -0.4 is 4.72 Å². The number of rotatable bonds is 5. The molecule has 1 unspecified atom stereocenters. The van der Waals surface area contributed by atoms with Crippen molar-refractivity contribution in [1.29, 1.82) is 0 Å². The monoisotopic (exact) mass is 338 g/mol. The first-order chi connectivity index (χ1) is 10.8. The lowest BCUT2D eigenvalue weighted by Crippen LogP contribution is -2.38. The quantitative estimate of drug-likeness (QED) is 0.897. The lowest BCUT2D eigenvalue weighted by molar-refractivity contribution is 0.0697. The van der Waals surface area contributed by atoms with Crippen molar-refractivity contribution in [2.45, 2.75) is 51.0 Å². The minimum absolute atomic E-state index is 0.0857. The Morgan fingerprint density at radius 1 is 1.35 bits per heavy atom. The Hall–Kier alpha value is -1.40. The summed E-state index contributed by atoms with van der Waals surface area (Å²) in [6.45, 7) is 7.41. The fourth-order valence-corrected chi connectivity index (χ4v) is 3.98. The molecule has 1 aromatic carbocycles. The predicted molar refractivity (Wildman–Crippen MR) is 90.8 cm³/mol. The average molecular weight is 338 g/mol. The van der Waals surface area contributed by atoms with Gasteiger partial charge < -0.3 is 4.90 Å². The van der Waals surface area contributed by atoms with Gasteiger partial charge in [0.25, 0.3) is 5.91 Å². The molecule has 0 radical (unpaired) electrons. The Kier molecular flexibility index (Phi) is 5.81. The number of carbonyl (C=O) groups is 1. The fourth-order valence-electron chi connectivity index (χ4n) is 2.61. The number of hydrogen-bond donors (Lipinski definition) is 1. The Morgan fingerprint density at radius 3 is 2.61 bits per heavy atom. The van der Waals surface area contributed by atoms with Crippen molar-refractivity contribution >= 4 is 15.9 Å². The maximum atomic E-state index is 12.6. The van der Waals surface area contributed by atoms with Gasteiger partial charge in [-0.05, 0) is 50.3 Å². The number of carbonyl (C=O) groups excluding carboxylic acids is 1. The zero-order valence-corrected chi connectivity index (χ0v) is 14.9. The van der Waals surface area contributed by atoms with E-state index in [9.17, 15) is 13.2 Å². The maximum Gasteiger partial charge on any atom is 0.253 e. The van der Waals surface area contributed by atoms with E-state index in [1.54, 1.807) is 12.1 Å². The van der Waals surface area contributed by atoms with E-state index in [0.717, 1.165) is 25.9 Å². The molecule has 1 N–H and O–H groups in total.